The summed E-state index contributed by atoms with van der Waals surface area (Å²) >= 11 is 0. The molecule has 1 aromatic heterocycles. The van der Waals surface area contributed by atoms with Gasteiger partial charge < -0.3 is 5.11 Å². The summed E-state index contributed by atoms with van der Waals surface area (Å²) in [5.74, 6) is 0.403. The lowest BCUT2D eigenvalue weighted by Gasteiger charge is -2.07. The van der Waals surface area contributed by atoms with E-state index in [4.69, 9.17) is 5.11 Å². The highest BCUT2D eigenvalue weighted by Crippen LogP contribution is 2.31. The van der Waals surface area contributed by atoms with Crippen LogP contribution in [-0.4, -0.2) is 14.9 Å². The molecule has 1 saturated carbocycles. The summed E-state index contributed by atoms with van der Waals surface area (Å²) in [5, 5.41) is 13.4. The van der Waals surface area contributed by atoms with Crippen LogP contribution in [0.4, 0.5) is 4.39 Å². The van der Waals surface area contributed by atoms with Gasteiger partial charge in [0.1, 0.15) is 5.82 Å². The average Bonchev–Trinajstić information content (AvgIpc) is 3.08. The molecule has 1 N–H and O–H groups in total. The van der Waals surface area contributed by atoms with Crippen molar-refractivity contribution < 1.29 is 9.50 Å². The van der Waals surface area contributed by atoms with Crippen LogP contribution in [-0.2, 0) is 13.2 Å². The van der Waals surface area contributed by atoms with E-state index in [0.29, 0.717) is 5.56 Å². The third-order valence-electron chi connectivity index (χ3n) is 3.65. The van der Waals surface area contributed by atoms with Gasteiger partial charge >= 0.3 is 0 Å². The standard InChI is InChI=1S/C15H17FN2O/c1-10-4-12(9-19)15(16)5-14(10)13-6-17-18(8-13)7-11-2-3-11/h4-6,8,11,19H,2-3,7,9H2,1H3. The van der Waals surface area contributed by atoms with Gasteiger partial charge in [-0.3, -0.25) is 4.68 Å². The smallest absolute Gasteiger partial charge is 0.129 e. The Kier molecular flexibility index (Phi) is 3.11. The molecule has 0 saturated heterocycles. The molecule has 1 aliphatic carbocycles. The number of aryl methyl sites for hydroxylation is 1. The molecule has 100 valence electrons. The number of hydrogen-bond donors (Lipinski definition) is 1. The molecule has 0 bridgehead atoms. The molecule has 0 atom stereocenters. The monoisotopic (exact) mass is 260 g/mol. The lowest BCUT2D eigenvalue weighted by atomic mass is 10.0. The van der Waals surface area contributed by atoms with E-state index in [2.05, 4.69) is 5.10 Å². The summed E-state index contributed by atoms with van der Waals surface area (Å²) in [6.45, 7) is 2.61. The number of aliphatic hydroxyl groups excluding tert-OH is 1. The number of aromatic nitrogens is 2. The van der Waals surface area contributed by atoms with Crippen molar-refractivity contribution in [3.63, 3.8) is 0 Å². The molecule has 19 heavy (non-hydrogen) atoms. The normalized spacial score (nSPS) is 14.9. The average molecular weight is 260 g/mol. The quantitative estimate of drug-likeness (QED) is 0.918. The second-order valence-electron chi connectivity index (χ2n) is 5.31. The Morgan fingerprint density at radius 1 is 1.42 bits per heavy atom. The van der Waals surface area contributed by atoms with Crippen molar-refractivity contribution in [1.82, 2.24) is 9.78 Å². The Balaban J connectivity index is 1.92. The minimum Gasteiger partial charge on any atom is -0.392 e. The number of aliphatic hydroxyl groups is 1. The molecule has 3 nitrogen and oxygen atoms in total. The Morgan fingerprint density at radius 3 is 2.89 bits per heavy atom. The Hall–Kier alpha value is -1.68. The molecule has 0 spiro atoms. The van der Waals surface area contributed by atoms with E-state index < -0.39 is 0 Å². The van der Waals surface area contributed by atoms with Crippen LogP contribution in [0.3, 0.4) is 0 Å². The van der Waals surface area contributed by atoms with Crippen LogP contribution >= 0.6 is 0 Å². The Morgan fingerprint density at radius 2 is 2.21 bits per heavy atom. The maximum absolute atomic E-state index is 13.8. The van der Waals surface area contributed by atoms with Crippen molar-refractivity contribution >= 4 is 0 Å². The number of benzene rings is 1. The molecule has 2 aromatic rings. The number of nitrogens with zero attached hydrogens (tertiary/aromatic N) is 2. The third-order valence-corrected chi connectivity index (χ3v) is 3.65. The van der Waals surface area contributed by atoms with Gasteiger partial charge in [0.15, 0.2) is 0 Å². The first-order valence-electron chi connectivity index (χ1n) is 6.60. The van der Waals surface area contributed by atoms with Gasteiger partial charge in [0.25, 0.3) is 0 Å². The molecule has 0 amide bonds. The van der Waals surface area contributed by atoms with E-state index in [-0.39, 0.29) is 12.4 Å². The van der Waals surface area contributed by atoms with Crippen molar-refractivity contribution in [2.45, 2.75) is 32.9 Å². The zero-order chi connectivity index (χ0) is 13.4. The van der Waals surface area contributed by atoms with Gasteiger partial charge in [-0.15, -0.1) is 0 Å². The van der Waals surface area contributed by atoms with Gasteiger partial charge in [0.2, 0.25) is 0 Å². The SMILES string of the molecule is Cc1cc(CO)c(F)cc1-c1cnn(CC2CC2)c1. The summed E-state index contributed by atoms with van der Waals surface area (Å²) < 4.78 is 15.7. The molecule has 0 aliphatic heterocycles. The van der Waals surface area contributed by atoms with Crippen molar-refractivity contribution in [3.8, 4) is 11.1 Å². The van der Waals surface area contributed by atoms with Crippen molar-refractivity contribution in [1.29, 1.82) is 0 Å². The molecule has 0 radical (unpaired) electrons. The second kappa shape index (κ2) is 4.78. The fourth-order valence-corrected chi connectivity index (χ4v) is 2.34. The molecular formula is C15H17FN2O. The lowest BCUT2D eigenvalue weighted by molar-refractivity contribution is 0.275. The summed E-state index contributed by atoms with van der Waals surface area (Å²) in [6.07, 6.45) is 6.32. The van der Waals surface area contributed by atoms with E-state index in [1.165, 1.54) is 18.9 Å². The zero-order valence-electron chi connectivity index (χ0n) is 10.9. The van der Waals surface area contributed by atoms with Crippen LogP contribution in [0.2, 0.25) is 0 Å². The topological polar surface area (TPSA) is 38.1 Å². The predicted molar refractivity (Wildman–Crippen MR) is 71.0 cm³/mol. The van der Waals surface area contributed by atoms with E-state index in [1.54, 1.807) is 12.3 Å². The van der Waals surface area contributed by atoms with Crippen LogP contribution in [0, 0.1) is 18.7 Å². The Labute approximate surface area is 111 Å². The van der Waals surface area contributed by atoms with E-state index >= 15 is 0 Å². The van der Waals surface area contributed by atoms with Gasteiger partial charge in [-0.1, -0.05) is 6.07 Å². The summed E-state index contributed by atoms with van der Waals surface area (Å²) in [6, 6.07) is 3.18. The van der Waals surface area contributed by atoms with Crippen molar-refractivity contribution in [3.05, 3.63) is 41.5 Å². The Bertz CT molecular complexity index is 602. The predicted octanol–water partition coefficient (Wildman–Crippen LogP) is 2.90. The third kappa shape index (κ3) is 2.54. The molecule has 0 unspecified atom stereocenters. The largest absolute Gasteiger partial charge is 0.392 e. The summed E-state index contributed by atoms with van der Waals surface area (Å²) in [7, 11) is 0. The number of rotatable bonds is 4. The maximum atomic E-state index is 13.8. The van der Waals surface area contributed by atoms with Gasteiger partial charge in [0.05, 0.1) is 12.8 Å². The van der Waals surface area contributed by atoms with E-state index in [0.717, 1.165) is 29.2 Å². The molecular weight excluding hydrogens is 243 g/mol. The highest BCUT2D eigenvalue weighted by molar-refractivity contribution is 5.66. The number of halogens is 1. The maximum Gasteiger partial charge on any atom is 0.129 e. The van der Waals surface area contributed by atoms with Crippen LogP contribution in [0.5, 0.6) is 0 Å². The molecule has 3 rings (SSSR count). The number of hydrogen-bond acceptors (Lipinski definition) is 2. The van der Waals surface area contributed by atoms with Crippen LogP contribution in [0.25, 0.3) is 11.1 Å². The van der Waals surface area contributed by atoms with Gasteiger partial charge in [-0.25, -0.2) is 4.39 Å². The fourth-order valence-electron chi connectivity index (χ4n) is 2.34. The minimum absolute atomic E-state index is 0.270. The van der Waals surface area contributed by atoms with Gasteiger partial charge in [-0.2, -0.15) is 5.10 Å². The minimum atomic E-state index is -0.363. The zero-order valence-corrected chi connectivity index (χ0v) is 10.9. The van der Waals surface area contributed by atoms with Crippen molar-refractivity contribution in [2.75, 3.05) is 0 Å². The van der Waals surface area contributed by atoms with Crippen molar-refractivity contribution in [2.24, 2.45) is 5.92 Å². The van der Waals surface area contributed by atoms with Gasteiger partial charge in [-0.05, 0) is 42.9 Å². The molecule has 1 fully saturated rings. The van der Waals surface area contributed by atoms with E-state index in [9.17, 15) is 4.39 Å². The fraction of sp³-hybridized carbons (Fsp3) is 0.400. The molecule has 4 heteroatoms. The van der Waals surface area contributed by atoms with E-state index in [1.807, 2.05) is 17.8 Å². The first-order chi connectivity index (χ1) is 9.17. The summed E-state index contributed by atoms with van der Waals surface area (Å²) in [4.78, 5) is 0. The molecule has 1 aliphatic rings. The first kappa shape index (κ1) is 12.4. The molecule has 1 aromatic carbocycles. The first-order valence-corrected chi connectivity index (χ1v) is 6.60. The van der Waals surface area contributed by atoms with Gasteiger partial charge in [0, 0.05) is 23.9 Å². The van der Waals surface area contributed by atoms with Crippen LogP contribution < -0.4 is 0 Å². The second-order valence-corrected chi connectivity index (χ2v) is 5.31. The highest BCUT2D eigenvalue weighted by atomic mass is 19.1. The van der Waals surface area contributed by atoms with Crippen LogP contribution in [0.15, 0.2) is 24.5 Å². The van der Waals surface area contributed by atoms with Crippen LogP contribution in [0.1, 0.15) is 24.0 Å². The highest BCUT2D eigenvalue weighted by Gasteiger charge is 2.22. The lowest BCUT2D eigenvalue weighted by Crippen LogP contribution is -1.99. The molecule has 1 heterocycles. The summed E-state index contributed by atoms with van der Waals surface area (Å²) in [5.41, 5.74) is 3.07.